The summed E-state index contributed by atoms with van der Waals surface area (Å²) >= 11 is 1.28. The Kier molecular flexibility index (Phi) is 3.85. The van der Waals surface area contributed by atoms with Gasteiger partial charge in [-0.05, 0) is 25.1 Å². The van der Waals surface area contributed by atoms with Crippen LogP contribution in [-0.4, -0.2) is 24.8 Å². The standard InChI is InChI=1S/C17H14N6O2S/c1-2-22-13(18)10(15(24)21-17-19-6-8-26-17)9-11-14(22)20-12-5-3-4-7-23(12)16(11)25/h3-9,18H,2H2,1H3,(H,19,21,24). The molecule has 0 saturated heterocycles. The number of amides is 1. The van der Waals surface area contributed by atoms with E-state index in [1.54, 1.807) is 40.5 Å². The molecule has 4 rings (SSSR count). The largest absolute Gasteiger partial charge is 0.310 e. The average Bonchev–Trinajstić information content (AvgIpc) is 3.14. The molecule has 0 unspecified atom stereocenters. The van der Waals surface area contributed by atoms with E-state index in [9.17, 15) is 9.59 Å². The summed E-state index contributed by atoms with van der Waals surface area (Å²) in [5.74, 6) is -0.480. The number of aromatic nitrogens is 4. The van der Waals surface area contributed by atoms with Gasteiger partial charge in [-0.2, -0.15) is 0 Å². The summed E-state index contributed by atoms with van der Waals surface area (Å²) in [6.07, 6.45) is 3.21. The zero-order valence-electron chi connectivity index (χ0n) is 13.8. The van der Waals surface area contributed by atoms with Crippen LogP contribution in [0, 0.1) is 5.41 Å². The molecule has 130 valence electrons. The summed E-state index contributed by atoms with van der Waals surface area (Å²) in [5, 5.41) is 13.5. The molecule has 0 saturated carbocycles. The minimum atomic E-state index is -0.480. The Morgan fingerprint density at radius 3 is 2.96 bits per heavy atom. The van der Waals surface area contributed by atoms with Crippen molar-refractivity contribution >= 4 is 39.1 Å². The van der Waals surface area contributed by atoms with Gasteiger partial charge in [0, 0.05) is 24.3 Å². The summed E-state index contributed by atoms with van der Waals surface area (Å²) < 4.78 is 2.98. The number of thiazole rings is 1. The van der Waals surface area contributed by atoms with Crippen LogP contribution >= 0.6 is 11.3 Å². The van der Waals surface area contributed by atoms with Crippen molar-refractivity contribution in [3.8, 4) is 0 Å². The molecule has 0 radical (unpaired) electrons. The van der Waals surface area contributed by atoms with E-state index in [0.717, 1.165) is 0 Å². The minimum absolute atomic E-state index is 0.00115. The highest BCUT2D eigenvalue weighted by Gasteiger charge is 2.17. The smallest absolute Gasteiger partial charge is 0.267 e. The number of hydrogen-bond donors (Lipinski definition) is 2. The van der Waals surface area contributed by atoms with Crippen LogP contribution in [0.5, 0.6) is 0 Å². The molecule has 4 heterocycles. The van der Waals surface area contributed by atoms with Crippen LogP contribution in [-0.2, 0) is 6.54 Å². The molecular weight excluding hydrogens is 352 g/mol. The van der Waals surface area contributed by atoms with Crippen molar-refractivity contribution in [3.63, 3.8) is 0 Å². The summed E-state index contributed by atoms with van der Waals surface area (Å²) in [7, 11) is 0. The molecule has 4 aromatic heterocycles. The maximum absolute atomic E-state index is 12.9. The Morgan fingerprint density at radius 2 is 2.23 bits per heavy atom. The number of nitrogens with one attached hydrogen (secondary N) is 2. The van der Waals surface area contributed by atoms with Crippen LogP contribution in [0.25, 0.3) is 16.7 Å². The van der Waals surface area contributed by atoms with Crippen molar-refractivity contribution in [1.29, 1.82) is 5.41 Å². The van der Waals surface area contributed by atoms with Crippen molar-refractivity contribution < 1.29 is 4.79 Å². The number of hydrogen-bond acceptors (Lipinski definition) is 6. The van der Waals surface area contributed by atoms with Gasteiger partial charge < -0.3 is 4.57 Å². The van der Waals surface area contributed by atoms with Gasteiger partial charge in [-0.15, -0.1) is 11.3 Å². The van der Waals surface area contributed by atoms with E-state index >= 15 is 0 Å². The van der Waals surface area contributed by atoms with Gasteiger partial charge in [-0.3, -0.25) is 24.7 Å². The molecule has 0 atom stereocenters. The lowest BCUT2D eigenvalue weighted by Crippen LogP contribution is -2.31. The number of carbonyl (C=O) groups excluding carboxylic acids is 1. The predicted octanol–water partition coefficient (Wildman–Crippen LogP) is 1.86. The first-order chi connectivity index (χ1) is 12.6. The number of pyridine rings is 2. The molecule has 0 bridgehead atoms. The number of carbonyl (C=O) groups is 1. The molecule has 0 aromatic carbocycles. The highest BCUT2D eigenvalue weighted by Crippen LogP contribution is 2.14. The fourth-order valence-corrected chi connectivity index (χ4v) is 3.34. The molecule has 0 fully saturated rings. The first-order valence-corrected chi connectivity index (χ1v) is 8.78. The van der Waals surface area contributed by atoms with Crippen LogP contribution < -0.4 is 16.4 Å². The second-order valence-corrected chi connectivity index (χ2v) is 6.42. The predicted molar refractivity (Wildman–Crippen MR) is 98.6 cm³/mol. The van der Waals surface area contributed by atoms with E-state index in [-0.39, 0.29) is 22.0 Å². The summed E-state index contributed by atoms with van der Waals surface area (Å²) in [4.78, 5) is 34.0. The third-order valence-electron chi connectivity index (χ3n) is 4.03. The van der Waals surface area contributed by atoms with Crippen molar-refractivity contribution in [3.05, 3.63) is 63.4 Å². The molecule has 0 aliphatic heterocycles. The normalized spacial score (nSPS) is 11.1. The fraction of sp³-hybridized carbons (Fsp3) is 0.118. The van der Waals surface area contributed by atoms with Crippen LogP contribution in [0.4, 0.5) is 5.13 Å². The maximum Gasteiger partial charge on any atom is 0.267 e. The molecule has 4 aromatic rings. The SMILES string of the molecule is CCn1c(=N)c(C(=O)Nc2nccs2)cc2c(=O)n3ccccc3nc21. The number of anilines is 1. The van der Waals surface area contributed by atoms with Crippen LogP contribution in [0.2, 0.25) is 0 Å². The second-order valence-electron chi connectivity index (χ2n) is 5.53. The molecule has 1 amide bonds. The van der Waals surface area contributed by atoms with Gasteiger partial charge in [-0.25, -0.2) is 9.97 Å². The van der Waals surface area contributed by atoms with Crippen LogP contribution in [0.15, 0.2) is 46.8 Å². The first-order valence-electron chi connectivity index (χ1n) is 7.90. The Morgan fingerprint density at radius 1 is 1.38 bits per heavy atom. The Labute approximate surface area is 150 Å². The zero-order valence-corrected chi connectivity index (χ0v) is 14.6. The topological polar surface area (TPSA) is 105 Å². The molecule has 2 N–H and O–H groups in total. The lowest BCUT2D eigenvalue weighted by atomic mass is 10.2. The monoisotopic (exact) mass is 366 g/mol. The van der Waals surface area contributed by atoms with Crippen LogP contribution in [0.3, 0.4) is 0 Å². The van der Waals surface area contributed by atoms with Crippen molar-refractivity contribution in [1.82, 2.24) is 18.9 Å². The minimum Gasteiger partial charge on any atom is -0.310 e. The fourth-order valence-electron chi connectivity index (χ4n) is 2.82. The van der Waals surface area contributed by atoms with Gasteiger partial charge in [0.25, 0.3) is 11.5 Å². The number of aryl methyl sites for hydroxylation is 1. The van der Waals surface area contributed by atoms with Gasteiger partial charge in [0.15, 0.2) is 5.13 Å². The summed E-state index contributed by atoms with van der Waals surface area (Å²) in [6, 6.07) is 6.70. The third-order valence-corrected chi connectivity index (χ3v) is 4.72. The number of rotatable bonds is 3. The third kappa shape index (κ3) is 2.49. The Bertz CT molecular complexity index is 1260. The second kappa shape index (κ2) is 6.19. The highest BCUT2D eigenvalue weighted by atomic mass is 32.1. The Hall–Kier alpha value is -3.33. The number of fused-ring (bicyclic) bond motifs is 2. The maximum atomic E-state index is 12.9. The van der Waals surface area contributed by atoms with Crippen LogP contribution in [0.1, 0.15) is 17.3 Å². The van der Waals surface area contributed by atoms with Gasteiger partial charge in [-0.1, -0.05) is 6.07 Å². The molecular formula is C17H14N6O2S. The molecule has 0 aliphatic carbocycles. The lowest BCUT2D eigenvalue weighted by molar-refractivity contribution is 0.102. The van der Waals surface area contributed by atoms with Gasteiger partial charge in [0.2, 0.25) is 0 Å². The van der Waals surface area contributed by atoms with E-state index in [1.807, 2.05) is 6.92 Å². The van der Waals surface area contributed by atoms with Crippen molar-refractivity contribution in [2.24, 2.45) is 0 Å². The molecule has 9 heteroatoms. The van der Waals surface area contributed by atoms with E-state index in [0.29, 0.717) is 23.0 Å². The summed E-state index contributed by atoms with van der Waals surface area (Å²) in [6.45, 7) is 2.25. The number of nitrogens with zero attached hydrogens (tertiary/aromatic N) is 4. The first kappa shape index (κ1) is 16.2. The van der Waals surface area contributed by atoms with Gasteiger partial charge in [0.05, 0.1) is 10.9 Å². The van der Waals surface area contributed by atoms with Crippen molar-refractivity contribution in [2.45, 2.75) is 13.5 Å². The van der Waals surface area contributed by atoms with E-state index in [4.69, 9.17) is 5.41 Å². The summed E-state index contributed by atoms with van der Waals surface area (Å²) in [5.41, 5.74) is 0.702. The average molecular weight is 366 g/mol. The molecule has 0 spiro atoms. The lowest BCUT2D eigenvalue weighted by Gasteiger charge is -2.12. The highest BCUT2D eigenvalue weighted by molar-refractivity contribution is 7.13. The molecule has 8 nitrogen and oxygen atoms in total. The van der Waals surface area contributed by atoms with E-state index in [2.05, 4.69) is 15.3 Å². The zero-order chi connectivity index (χ0) is 18.3. The van der Waals surface area contributed by atoms with Gasteiger partial charge in [0.1, 0.15) is 16.8 Å². The Balaban J connectivity index is 2.00. The van der Waals surface area contributed by atoms with E-state index in [1.165, 1.54) is 21.8 Å². The molecule has 26 heavy (non-hydrogen) atoms. The van der Waals surface area contributed by atoms with E-state index < -0.39 is 5.91 Å². The van der Waals surface area contributed by atoms with Gasteiger partial charge >= 0.3 is 0 Å². The van der Waals surface area contributed by atoms with Crippen molar-refractivity contribution in [2.75, 3.05) is 5.32 Å². The molecule has 0 aliphatic rings. The quantitative estimate of drug-likeness (QED) is 0.540.